The Morgan fingerprint density at radius 3 is 2.59 bits per heavy atom. The number of rotatable bonds is 2. The molecule has 0 saturated carbocycles. The van der Waals surface area contributed by atoms with Gasteiger partial charge in [0, 0.05) is 36.1 Å². The number of nitrogens with zero attached hydrogens (tertiary/aromatic N) is 2. The van der Waals surface area contributed by atoms with Crippen molar-refractivity contribution in [1.82, 2.24) is 14.4 Å². The van der Waals surface area contributed by atoms with E-state index in [1.807, 2.05) is 0 Å². The average Bonchev–Trinajstić information content (AvgIpc) is 3.12. The summed E-state index contributed by atoms with van der Waals surface area (Å²) in [6.45, 7) is 10.7. The number of aryl methyl sites for hydroxylation is 2. The first kappa shape index (κ1) is 18.3. The van der Waals surface area contributed by atoms with Gasteiger partial charge in [0.1, 0.15) is 10.6 Å². The van der Waals surface area contributed by atoms with E-state index in [9.17, 15) is 8.42 Å². The standard InChI is InChI=1S/C20H25N3O3S/c1-12-19(13(2)26-22-12)27(24,25)23-9-8-18-16(11-23)15-10-14(20(3,4)5)6-7-17(15)21-18/h6-7,10,21H,8-9,11H2,1-5H3. The van der Waals surface area contributed by atoms with Crippen molar-refractivity contribution in [2.75, 3.05) is 6.54 Å². The lowest BCUT2D eigenvalue weighted by Crippen LogP contribution is -2.36. The van der Waals surface area contributed by atoms with Crippen LogP contribution in [0.4, 0.5) is 0 Å². The van der Waals surface area contributed by atoms with Crippen LogP contribution in [0.2, 0.25) is 0 Å². The summed E-state index contributed by atoms with van der Waals surface area (Å²) < 4.78 is 33.0. The van der Waals surface area contributed by atoms with Gasteiger partial charge in [-0.25, -0.2) is 8.42 Å². The molecule has 4 rings (SSSR count). The number of hydrogen-bond acceptors (Lipinski definition) is 4. The number of hydrogen-bond donors (Lipinski definition) is 1. The molecule has 0 unspecified atom stereocenters. The lowest BCUT2D eigenvalue weighted by molar-refractivity contribution is 0.381. The molecular formula is C20H25N3O3S. The summed E-state index contributed by atoms with van der Waals surface area (Å²) in [5, 5.41) is 4.92. The topological polar surface area (TPSA) is 79.2 Å². The Morgan fingerprint density at radius 2 is 1.96 bits per heavy atom. The number of aromatic nitrogens is 2. The molecule has 0 radical (unpaired) electrons. The van der Waals surface area contributed by atoms with Gasteiger partial charge in [-0.2, -0.15) is 4.31 Å². The fraction of sp³-hybridized carbons (Fsp3) is 0.450. The highest BCUT2D eigenvalue weighted by Crippen LogP contribution is 2.34. The molecule has 1 aliphatic heterocycles. The number of sulfonamides is 1. The third kappa shape index (κ3) is 2.89. The zero-order chi connectivity index (χ0) is 19.6. The van der Waals surface area contributed by atoms with Crippen LogP contribution in [0.5, 0.6) is 0 Å². The molecule has 0 aliphatic carbocycles. The quantitative estimate of drug-likeness (QED) is 0.725. The summed E-state index contributed by atoms with van der Waals surface area (Å²) in [7, 11) is -3.64. The molecule has 27 heavy (non-hydrogen) atoms. The molecule has 1 N–H and O–H groups in total. The zero-order valence-corrected chi connectivity index (χ0v) is 17.2. The van der Waals surface area contributed by atoms with E-state index < -0.39 is 10.0 Å². The van der Waals surface area contributed by atoms with E-state index in [4.69, 9.17) is 4.52 Å². The fourth-order valence-corrected chi connectivity index (χ4v) is 5.53. The second-order valence-corrected chi connectivity index (χ2v) is 10.2. The predicted octanol–water partition coefficient (Wildman–Crippen LogP) is 3.82. The van der Waals surface area contributed by atoms with E-state index in [2.05, 4.69) is 49.1 Å². The lowest BCUT2D eigenvalue weighted by atomic mass is 9.86. The van der Waals surface area contributed by atoms with Crippen LogP contribution in [0, 0.1) is 13.8 Å². The zero-order valence-electron chi connectivity index (χ0n) is 16.4. The minimum atomic E-state index is -3.64. The summed E-state index contributed by atoms with van der Waals surface area (Å²) in [5.41, 5.74) is 4.94. The monoisotopic (exact) mass is 387 g/mol. The SMILES string of the molecule is Cc1noc(C)c1S(=O)(=O)N1CCc2[nH]c3ccc(C(C)(C)C)cc3c2C1. The van der Waals surface area contributed by atoms with Gasteiger partial charge in [0.05, 0.1) is 0 Å². The van der Waals surface area contributed by atoms with E-state index in [1.165, 1.54) is 5.56 Å². The number of benzene rings is 1. The van der Waals surface area contributed by atoms with Crippen molar-refractivity contribution in [2.45, 2.75) is 57.9 Å². The Kier molecular flexibility index (Phi) is 4.01. The number of aromatic amines is 1. The molecule has 6 nitrogen and oxygen atoms in total. The molecule has 0 atom stereocenters. The summed E-state index contributed by atoms with van der Waals surface area (Å²) in [5.74, 6) is 0.340. The molecule has 0 saturated heterocycles. The van der Waals surface area contributed by atoms with Crippen LogP contribution in [-0.4, -0.2) is 29.4 Å². The van der Waals surface area contributed by atoms with Gasteiger partial charge in [-0.05, 0) is 42.5 Å². The van der Waals surface area contributed by atoms with Gasteiger partial charge in [0.25, 0.3) is 0 Å². The number of fused-ring (bicyclic) bond motifs is 3. The third-order valence-electron chi connectivity index (χ3n) is 5.37. The van der Waals surface area contributed by atoms with Crippen LogP contribution < -0.4 is 0 Å². The summed E-state index contributed by atoms with van der Waals surface area (Å²) in [6, 6.07) is 6.43. The van der Waals surface area contributed by atoms with Gasteiger partial charge in [-0.1, -0.05) is 32.0 Å². The second kappa shape index (κ2) is 5.94. The maximum atomic E-state index is 13.2. The summed E-state index contributed by atoms with van der Waals surface area (Å²) in [4.78, 5) is 3.67. The molecule has 3 aromatic rings. The maximum Gasteiger partial charge on any atom is 0.248 e. The molecule has 1 aromatic carbocycles. The van der Waals surface area contributed by atoms with Crippen molar-refractivity contribution in [1.29, 1.82) is 0 Å². The molecule has 0 spiro atoms. The van der Waals surface area contributed by atoms with Crippen molar-refractivity contribution in [3.63, 3.8) is 0 Å². The normalized spacial score (nSPS) is 16.0. The first-order valence-corrected chi connectivity index (χ1v) is 10.6. The third-order valence-corrected chi connectivity index (χ3v) is 7.46. The summed E-state index contributed by atoms with van der Waals surface area (Å²) in [6.07, 6.45) is 0.664. The second-order valence-electron chi connectivity index (χ2n) is 8.33. The Labute approximate surface area is 159 Å². The molecule has 7 heteroatoms. The molecule has 144 valence electrons. The van der Waals surface area contributed by atoms with Crippen LogP contribution in [-0.2, 0) is 28.4 Å². The van der Waals surface area contributed by atoms with Gasteiger partial charge < -0.3 is 9.51 Å². The van der Waals surface area contributed by atoms with Gasteiger partial charge in [-0.15, -0.1) is 0 Å². The minimum absolute atomic E-state index is 0.0372. The van der Waals surface area contributed by atoms with Gasteiger partial charge in [0.15, 0.2) is 5.76 Å². The number of nitrogens with one attached hydrogen (secondary N) is 1. The lowest BCUT2D eigenvalue weighted by Gasteiger charge is -2.26. The Balaban J connectivity index is 1.78. The first-order chi connectivity index (χ1) is 12.6. The van der Waals surface area contributed by atoms with E-state index in [0.717, 1.165) is 22.2 Å². The maximum absolute atomic E-state index is 13.2. The molecule has 2 aromatic heterocycles. The predicted molar refractivity (Wildman–Crippen MR) is 104 cm³/mol. The highest BCUT2D eigenvalue weighted by Gasteiger charge is 2.34. The van der Waals surface area contributed by atoms with Crippen molar-refractivity contribution in [3.8, 4) is 0 Å². The number of H-pyrrole nitrogens is 1. The average molecular weight is 388 g/mol. The molecular weight excluding hydrogens is 362 g/mol. The highest BCUT2D eigenvalue weighted by molar-refractivity contribution is 7.89. The van der Waals surface area contributed by atoms with Crippen molar-refractivity contribution >= 4 is 20.9 Å². The first-order valence-electron chi connectivity index (χ1n) is 9.16. The minimum Gasteiger partial charge on any atom is -0.360 e. The van der Waals surface area contributed by atoms with Crippen LogP contribution in [0.15, 0.2) is 27.6 Å². The van der Waals surface area contributed by atoms with Crippen LogP contribution in [0.3, 0.4) is 0 Å². The van der Waals surface area contributed by atoms with Gasteiger partial charge in [0.2, 0.25) is 10.0 Å². The largest absolute Gasteiger partial charge is 0.360 e. The van der Waals surface area contributed by atoms with E-state index >= 15 is 0 Å². The fourth-order valence-electron chi connectivity index (χ4n) is 3.83. The van der Waals surface area contributed by atoms with E-state index in [0.29, 0.717) is 31.0 Å². The summed E-state index contributed by atoms with van der Waals surface area (Å²) >= 11 is 0. The Hall–Kier alpha value is -2.12. The van der Waals surface area contributed by atoms with Crippen molar-refractivity contribution in [3.05, 3.63) is 46.5 Å². The molecule has 3 heterocycles. The molecule has 1 aliphatic rings. The van der Waals surface area contributed by atoms with Gasteiger partial charge >= 0.3 is 0 Å². The van der Waals surface area contributed by atoms with E-state index in [-0.39, 0.29) is 10.3 Å². The van der Waals surface area contributed by atoms with Crippen molar-refractivity contribution in [2.24, 2.45) is 0 Å². The smallest absolute Gasteiger partial charge is 0.248 e. The highest BCUT2D eigenvalue weighted by atomic mass is 32.2. The van der Waals surface area contributed by atoms with Crippen LogP contribution in [0.1, 0.15) is 49.0 Å². The molecule has 0 bridgehead atoms. The van der Waals surface area contributed by atoms with E-state index in [1.54, 1.807) is 18.2 Å². The molecule has 0 fully saturated rings. The Bertz CT molecular complexity index is 1110. The van der Waals surface area contributed by atoms with Crippen LogP contribution in [0.25, 0.3) is 10.9 Å². The van der Waals surface area contributed by atoms with Gasteiger partial charge in [-0.3, -0.25) is 0 Å². The molecule has 0 amide bonds. The van der Waals surface area contributed by atoms with Crippen LogP contribution >= 0.6 is 0 Å². The van der Waals surface area contributed by atoms with Crippen molar-refractivity contribution < 1.29 is 12.9 Å². The Morgan fingerprint density at radius 1 is 1.22 bits per heavy atom.